The first-order valence-corrected chi connectivity index (χ1v) is 7.74. The van der Waals surface area contributed by atoms with Crippen LogP contribution in [-0.2, 0) is 16.5 Å². The number of ether oxygens (including phenoxy) is 2. The molecule has 3 heterocycles. The number of aromatic amines is 1. The number of hydrogen-bond donors (Lipinski definition) is 4. The maximum atomic E-state index is 12.1. The van der Waals surface area contributed by atoms with Gasteiger partial charge in [-0.15, -0.1) is 0 Å². The molecule has 1 aliphatic rings. The second kappa shape index (κ2) is 6.33. The Morgan fingerprint density at radius 2 is 2.36 bits per heavy atom. The molecule has 0 spiro atoms. The molecule has 0 aliphatic carbocycles. The van der Waals surface area contributed by atoms with E-state index in [-0.39, 0.29) is 30.1 Å². The Morgan fingerprint density at radius 1 is 1.64 bits per heavy atom. The molecule has 4 atom stereocenters. The number of amides is 1. The standard InChI is InChI=1S/C14H20N6O5/c1-6-7(4-16-14(23)24-3)9(21)12(25-6)20-5-19(2)8-10(20)17-13(15)18-11(8)22/h5-7,9,12,21H,4H2,1-3H3,(H3-,15,16,17,18,22,23)/p+1/t6-,7-,9-,12-/m1/s1. The van der Waals surface area contributed by atoms with E-state index in [1.165, 1.54) is 7.11 Å². The molecule has 136 valence electrons. The second-order valence-electron chi connectivity index (χ2n) is 6.02. The summed E-state index contributed by atoms with van der Waals surface area (Å²) in [5.41, 5.74) is 5.87. The van der Waals surface area contributed by atoms with Crippen LogP contribution in [-0.4, -0.2) is 51.6 Å². The number of methoxy groups -OCH3 is 1. The number of nitrogens with two attached hydrogens (primary N) is 1. The molecule has 1 amide bonds. The number of H-pyrrole nitrogens is 1. The number of aliphatic hydroxyl groups excluding tert-OH is 1. The van der Waals surface area contributed by atoms with Crippen molar-refractivity contribution in [3.8, 4) is 0 Å². The maximum absolute atomic E-state index is 12.1. The maximum Gasteiger partial charge on any atom is 0.406 e. The van der Waals surface area contributed by atoms with Gasteiger partial charge in [-0.05, 0) is 6.92 Å². The molecular formula is C14H21N6O5+. The lowest BCUT2D eigenvalue weighted by atomic mass is 9.99. The van der Waals surface area contributed by atoms with Crippen molar-refractivity contribution in [2.24, 2.45) is 13.0 Å². The monoisotopic (exact) mass is 353 g/mol. The van der Waals surface area contributed by atoms with Crippen molar-refractivity contribution in [3.05, 3.63) is 16.7 Å². The normalized spacial score (nSPS) is 26.1. The van der Waals surface area contributed by atoms with Gasteiger partial charge in [0.1, 0.15) is 6.10 Å². The van der Waals surface area contributed by atoms with Crippen molar-refractivity contribution >= 4 is 23.2 Å². The zero-order valence-corrected chi connectivity index (χ0v) is 14.1. The van der Waals surface area contributed by atoms with Gasteiger partial charge in [-0.2, -0.15) is 9.55 Å². The van der Waals surface area contributed by atoms with Gasteiger partial charge in [0.25, 0.3) is 11.2 Å². The van der Waals surface area contributed by atoms with E-state index in [0.29, 0.717) is 11.2 Å². The number of carbonyl (C=O) groups is 1. The Hall–Kier alpha value is -2.66. The van der Waals surface area contributed by atoms with E-state index in [1.807, 2.05) is 0 Å². The molecule has 2 aromatic heterocycles. The van der Waals surface area contributed by atoms with E-state index in [4.69, 9.17) is 10.5 Å². The minimum Gasteiger partial charge on any atom is -0.453 e. The Labute approximate surface area is 142 Å². The van der Waals surface area contributed by atoms with Crippen LogP contribution in [0.3, 0.4) is 0 Å². The number of rotatable bonds is 3. The molecule has 0 radical (unpaired) electrons. The van der Waals surface area contributed by atoms with Gasteiger partial charge in [0.15, 0.2) is 0 Å². The second-order valence-corrected chi connectivity index (χ2v) is 6.02. The van der Waals surface area contributed by atoms with E-state index in [9.17, 15) is 14.7 Å². The third-order valence-electron chi connectivity index (χ3n) is 4.42. The molecule has 2 aromatic rings. The Kier molecular flexibility index (Phi) is 4.35. The predicted octanol–water partition coefficient (Wildman–Crippen LogP) is -1.62. The van der Waals surface area contributed by atoms with E-state index >= 15 is 0 Å². The van der Waals surface area contributed by atoms with Crippen LogP contribution < -0.4 is 21.2 Å². The molecule has 1 aliphatic heterocycles. The Bertz CT molecular complexity index is 861. The number of nitrogens with zero attached hydrogens (tertiary/aromatic N) is 3. The van der Waals surface area contributed by atoms with Crippen LogP contribution in [0.25, 0.3) is 11.2 Å². The zero-order valence-electron chi connectivity index (χ0n) is 14.1. The number of aromatic nitrogens is 4. The van der Waals surface area contributed by atoms with Crippen LogP contribution >= 0.6 is 0 Å². The van der Waals surface area contributed by atoms with Gasteiger partial charge in [-0.1, -0.05) is 0 Å². The van der Waals surface area contributed by atoms with Crippen LogP contribution in [0, 0.1) is 5.92 Å². The van der Waals surface area contributed by atoms with Crippen molar-refractivity contribution in [2.45, 2.75) is 25.4 Å². The molecule has 11 nitrogen and oxygen atoms in total. The number of alkyl carbamates (subject to hydrolysis) is 1. The molecule has 5 N–H and O–H groups in total. The largest absolute Gasteiger partial charge is 0.453 e. The SMILES string of the molecule is COC(=O)NC[C@H]1[C@@H](O)[C@H](n2c[n+](C)c3c(=O)[nH]c(N)nc32)O[C@@H]1C. The molecule has 0 saturated carbocycles. The topological polar surface area (TPSA) is 148 Å². The minimum absolute atomic E-state index is 0.0260. The number of nitrogens with one attached hydrogen (secondary N) is 2. The Morgan fingerprint density at radius 3 is 3.04 bits per heavy atom. The van der Waals surface area contributed by atoms with Crippen molar-refractivity contribution in [2.75, 3.05) is 19.4 Å². The fraction of sp³-hybridized carbons (Fsp3) is 0.571. The molecule has 25 heavy (non-hydrogen) atoms. The summed E-state index contributed by atoms with van der Waals surface area (Å²) in [7, 11) is 2.95. The molecular weight excluding hydrogens is 332 g/mol. The van der Waals surface area contributed by atoms with Crippen molar-refractivity contribution in [1.29, 1.82) is 0 Å². The minimum atomic E-state index is -0.926. The molecule has 0 unspecified atom stereocenters. The number of aryl methyl sites for hydroxylation is 1. The highest BCUT2D eigenvalue weighted by molar-refractivity contribution is 5.67. The first-order chi connectivity index (χ1) is 11.8. The lowest BCUT2D eigenvalue weighted by Gasteiger charge is -2.17. The molecule has 0 bridgehead atoms. The summed E-state index contributed by atoms with van der Waals surface area (Å²) in [5, 5.41) is 13.2. The highest BCUT2D eigenvalue weighted by atomic mass is 16.5. The quantitative estimate of drug-likeness (QED) is 0.485. The highest BCUT2D eigenvalue weighted by Crippen LogP contribution is 2.34. The van der Waals surface area contributed by atoms with Gasteiger partial charge in [-0.3, -0.25) is 9.78 Å². The van der Waals surface area contributed by atoms with Gasteiger partial charge in [0, 0.05) is 12.5 Å². The van der Waals surface area contributed by atoms with Gasteiger partial charge >= 0.3 is 11.7 Å². The molecule has 1 fully saturated rings. The number of nitrogen functional groups attached to an aromatic ring is 1. The van der Waals surface area contributed by atoms with Crippen LogP contribution in [0.15, 0.2) is 11.1 Å². The average molecular weight is 353 g/mol. The summed E-state index contributed by atoms with van der Waals surface area (Å²) in [6.45, 7) is 1.99. The molecule has 1 saturated heterocycles. The van der Waals surface area contributed by atoms with Crippen molar-refractivity contribution in [3.63, 3.8) is 0 Å². The number of hydrogen-bond acceptors (Lipinski definition) is 7. The fourth-order valence-electron chi connectivity index (χ4n) is 3.14. The van der Waals surface area contributed by atoms with E-state index in [1.54, 1.807) is 29.4 Å². The van der Waals surface area contributed by atoms with Crippen LogP contribution in [0.1, 0.15) is 13.2 Å². The average Bonchev–Trinajstić information content (AvgIpc) is 3.02. The van der Waals surface area contributed by atoms with Gasteiger partial charge < -0.3 is 25.6 Å². The molecule has 11 heteroatoms. The molecule has 3 rings (SSSR count). The van der Waals surface area contributed by atoms with Gasteiger partial charge in [0.2, 0.25) is 18.5 Å². The summed E-state index contributed by atoms with van der Waals surface area (Å²) >= 11 is 0. The lowest BCUT2D eigenvalue weighted by molar-refractivity contribution is -0.646. The molecule has 0 aromatic carbocycles. The lowest BCUT2D eigenvalue weighted by Crippen LogP contribution is -2.37. The summed E-state index contributed by atoms with van der Waals surface area (Å²) in [6.07, 6.45) is -0.994. The number of carbonyl (C=O) groups excluding carboxylic acids is 1. The number of aliphatic hydroxyl groups is 1. The predicted molar refractivity (Wildman–Crippen MR) is 85.4 cm³/mol. The van der Waals surface area contributed by atoms with Gasteiger partial charge in [0.05, 0.1) is 20.3 Å². The van der Waals surface area contributed by atoms with Crippen molar-refractivity contribution < 1.29 is 23.9 Å². The van der Waals surface area contributed by atoms with Crippen LogP contribution in [0.2, 0.25) is 0 Å². The van der Waals surface area contributed by atoms with Crippen molar-refractivity contribution in [1.82, 2.24) is 19.9 Å². The highest BCUT2D eigenvalue weighted by Gasteiger charge is 2.46. The smallest absolute Gasteiger partial charge is 0.406 e. The first kappa shape index (κ1) is 17.2. The van der Waals surface area contributed by atoms with E-state index in [0.717, 1.165) is 0 Å². The van der Waals surface area contributed by atoms with Gasteiger partial charge in [-0.25, -0.2) is 9.36 Å². The summed E-state index contributed by atoms with van der Waals surface area (Å²) in [4.78, 5) is 30.0. The summed E-state index contributed by atoms with van der Waals surface area (Å²) in [5.74, 6) is -0.381. The first-order valence-electron chi connectivity index (χ1n) is 7.74. The van der Waals surface area contributed by atoms with E-state index < -0.39 is 18.4 Å². The van der Waals surface area contributed by atoms with E-state index in [2.05, 4.69) is 20.0 Å². The zero-order chi connectivity index (χ0) is 18.3. The van der Waals surface area contributed by atoms with Crippen LogP contribution in [0.5, 0.6) is 0 Å². The number of fused-ring (bicyclic) bond motifs is 1. The third-order valence-corrected chi connectivity index (χ3v) is 4.42. The summed E-state index contributed by atoms with van der Waals surface area (Å²) in [6, 6.07) is 0. The number of anilines is 1. The van der Waals surface area contributed by atoms with Crippen LogP contribution in [0.4, 0.5) is 10.7 Å². The number of imidazole rings is 1. The third kappa shape index (κ3) is 2.91. The summed E-state index contributed by atoms with van der Waals surface area (Å²) < 4.78 is 13.5. The Balaban J connectivity index is 1.94. The fourth-order valence-corrected chi connectivity index (χ4v) is 3.14.